The molecule has 0 amide bonds. The molecule has 0 aliphatic heterocycles. The van der Waals surface area contributed by atoms with Gasteiger partial charge >= 0.3 is 0 Å². The van der Waals surface area contributed by atoms with Crippen molar-refractivity contribution in [3.05, 3.63) is 59.7 Å². The van der Waals surface area contributed by atoms with E-state index in [1.165, 1.54) is 0 Å². The van der Waals surface area contributed by atoms with Gasteiger partial charge in [-0.3, -0.25) is 4.40 Å². The molecule has 5 rings (SSSR count). The van der Waals surface area contributed by atoms with Crippen LogP contribution in [0, 0.1) is 6.92 Å². The van der Waals surface area contributed by atoms with E-state index < -0.39 is 0 Å². The molecule has 0 saturated carbocycles. The normalized spacial score (nSPS) is 11.6. The van der Waals surface area contributed by atoms with E-state index in [1.54, 1.807) is 27.9 Å². The van der Waals surface area contributed by atoms with Gasteiger partial charge in [-0.05, 0) is 36.8 Å². The number of aryl methyl sites for hydroxylation is 1. The first-order chi connectivity index (χ1) is 12.2. The van der Waals surface area contributed by atoms with Crippen LogP contribution < -0.4 is 0 Å². The maximum atomic E-state index is 6.24. The van der Waals surface area contributed by atoms with Gasteiger partial charge in [0, 0.05) is 5.02 Å². The quantitative estimate of drug-likeness (QED) is 0.485. The van der Waals surface area contributed by atoms with E-state index in [0.717, 1.165) is 16.6 Å². The summed E-state index contributed by atoms with van der Waals surface area (Å²) >= 11 is 6.24. The second-order valence-corrected chi connectivity index (χ2v) is 6.07. The molecule has 0 aliphatic carbocycles. The molecule has 4 aromatic heterocycles. The summed E-state index contributed by atoms with van der Waals surface area (Å²) in [7, 11) is 0. The lowest BCUT2D eigenvalue weighted by Crippen LogP contribution is -1.99. The summed E-state index contributed by atoms with van der Waals surface area (Å²) in [6.45, 7) is 1.96. The zero-order valence-corrected chi connectivity index (χ0v) is 13.8. The number of halogens is 1. The third-order valence-electron chi connectivity index (χ3n) is 4.12. The monoisotopic (exact) mass is 350 g/mol. The van der Waals surface area contributed by atoms with Gasteiger partial charge in [0.25, 0.3) is 0 Å². The largest absolute Gasteiger partial charge is 0.461 e. The van der Waals surface area contributed by atoms with Gasteiger partial charge < -0.3 is 4.42 Å². The molecule has 0 spiro atoms. The Morgan fingerprint density at radius 1 is 1.12 bits per heavy atom. The summed E-state index contributed by atoms with van der Waals surface area (Å²) < 4.78 is 8.94. The predicted molar refractivity (Wildman–Crippen MR) is 92.9 cm³/mol. The van der Waals surface area contributed by atoms with E-state index in [1.807, 2.05) is 37.3 Å². The van der Waals surface area contributed by atoms with Crippen molar-refractivity contribution >= 4 is 28.3 Å². The molecule has 4 heterocycles. The van der Waals surface area contributed by atoms with Crippen LogP contribution >= 0.6 is 11.6 Å². The topological polar surface area (TPSA) is 74.0 Å². The van der Waals surface area contributed by atoms with E-state index >= 15 is 0 Å². The maximum Gasteiger partial charge on any atom is 0.205 e. The highest BCUT2D eigenvalue weighted by Gasteiger charge is 2.16. The minimum absolute atomic E-state index is 0.598. The fourth-order valence-electron chi connectivity index (χ4n) is 2.80. The van der Waals surface area contributed by atoms with Crippen LogP contribution in [-0.2, 0) is 0 Å². The first-order valence-corrected chi connectivity index (χ1v) is 7.98. The van der Waals surface area contributed by atoms with Gasteiger partial charge in [0.15, 0.2) is 17.1 Å². The molecule has 5 aromatic rings. The maximum absolute atomic E-state index is 6.24. The molecule has 0 N–H and O–H groups in total. The Bertz CT molecular complexity index is 1220. The fraction of sp³-hybridized carbons (Fsp3) is 0.0588. The van der Waals surface area contributed by atoms with Crippen molar-refractivity contribution < 1.29 is 4.42 Å². The Labute approximate surface area is 146 Å². The molecule has 25 heavy (non-hydrogen) atoms. The van der Waals surface area contributed by atoms with Crippen molar-refractivity contribution in [2.75, 3.05) is 0 Å². The minimum Gasteiger partial charge on any atom is -0.461 e. The molecule has 122 valence electrons. The molecule has 0 radical (unpaired) electrons. The van der Waals surface area contributed by atoms with Gasteiger partial charge in [-0.2, -0.15) is 5.10 Å². The van der Waals surface area contributed by atoms with Crippen LogP contribution in [0.15, 0.2) is 53.5 Å². The molecule has 0 bridgehead atoms. The average Bonchev–Trinajstić information content (AvgIpc) is 3.34. The summed E-state index contributed by atoms with van der Waals surface area (Å²) in [5.41, 5.74) is 3.21. The van der Waals surface area contributed by atoms with E-state index in [2.05, 4.69) is 20.3 Å². The van der Waals surface area contributed by atoms with Gasteiger partial charge in [-0.15, -0.1) is 10.2 Å². The molecule has 0 fully saturated rings. The third-order valence-corrected chi connectivity index (χ3v) is 4.52. The Morgan fingerprint density at radius 3 is 2.84 bits per heavy atom. The van der Waals surface area contributed by atoms with Crippen LogP contribution in [0.1, 0.15) is 5.56 Å². The van der Waals surface area contributed by atoms with Crippen molar-refractivity contribution in [2.24, 2.45) is 0 Å². The number of hydrogen-bond acceptors (Lipinski definition) is 5. The zero-order chi connectivity index (χ0) is 17.0. The highest BCUT2D eigenvalue weighted by molar-refractivity contribution is 6.31. The lowest BCUT2D eigenvalue weighted by Gasteiger charge is -2.05. The molecular weight excluding hydrogens is 340 g/mol. The number of benzene rings is 1. The van der Waals surface area contributed by atoms with Crippen LogP contribution in [0.3, 0.4) is 0 Å². The zero-order valence-electron chi connectivity index (χ0n) is 13.1. The number of hydrogen-bond donors (Lipinski definition) is 0. The van der Waals surface area contributed by atoms with Crippen molar-refractivity contribution in [3.63, 3.8) is 0 Å². The summed E-state index contributed by atoms with van der Waals surface area (Å²) in [5, 5.41) is 14.4. The lowest BCUT2D eigenvalue weighted by molar-refractivity contribution is 0.576. The van der Waals surface area contributed by atoms with Gasteiger partial charge in [0.2, 0.25) is 5.82 Å². The second kappa shape index (κ2) is 5.15. The van der Waals surface area contributed by atoms with E-state index in [9.17, 15) is 0 Å². The molecule has 0 saturated heterocycles. The Morgan fingerprint density at radius 2 is 2.04 bits per heavy atom. The first kappa shape index (κ1) is 14.2. The Balaban J connectivity index is 1.74. The van der Waals surface area contributed by atoms with Crippen LogP contribution in [0.25, 0.3) is 34.0 Å². The Hall–Kier alpha value is -3.19. The number of nitrogens with zero attached hydrogens (tertiary/aromatic N) is 6. The highest BCUT2D eigenvalue weighted by Crippen LogP contribution is 2.25. The predicted octanol–water partition coefficient (Wildman–Crippen LogP) is 3.69. The van der Waals surface area contributed by atoms with Gasteiger partial charge in [-0.1, -0.05) is 17.7 Å². The molecule has 7 nitrogen and oxygen atoms in total. The lowest BCUT2D eigenvalue weighted by atomic mass is 10.2. The SMILES string of the molecule is Cc1ccc(-n2ncc3c2ncn2c(-c4ccco4)nnc32)cc1Cl. The second-order valence-electron chi connectivity index (χ2n) is 5.67. The van der Waals surface area contributed by atoms with Crippen LogP contribution in [0.2, 0.25) is 5.02 Å². The third kappa shape index (κ3) is 2.06. The summed E-state index contributed by atoms with van der Waals surface area (Å²) in [4.78, 5) is 4.54. The smallest absolute Gasteiger partial charge is 0.205 e. The van der Waals surface area contributed by atoms with Crippen molar-refractivity contribution in [2.45, 2.75) is 6.92 Å². The van der Waals surface area contributed by atoms with Gasteiger partial charge in [0.05, 0.1) is 23.5 Å². The van der Waals surface area contributed by atoms with Crippen molar-refractivity contribution in [1.82, 2.24) is 29.4 Å². The standard InChI is InChI=1S/C17H11ClN6O/c1-10-4-5-11(7-13(10)18)24-15-12(8-20-24)16-21-22-17(23(16)9-19-15)14-3-2-6-25-14/h2-9H,1H3. The highest BCUT2D eigenvalue weighted by atomic mass is 35.5. The van der Waals surface area contributed by atoms with Crippen LogP contribution in [0.5, 0.6) is 0 Å². The number of aromatic nitrogens is 6. The summed E-state index contributed by atoms with van der Waals surface area (Å²) in [6.07, 6.45) is 5.00. The molecule has 0 atom stereocenters. The van der Waals surface area contributed by atoms with Crippen molar-refractivity contribution in [3.8, 4) is 17.3 Å². The molecule has 0 unspecified atom stereocenters. The van der Waals surface area contributed by atoms with E-state index in [0.29, 0.717) is 27.9 Å². The summed E-state index contributed by atoms with van der Waals surface area (Å²) in [5.74, 6) is 1.23. The fourth-order valence-corrected chi connectivity index (χ4v) is 2.97. The molecular formula is C17H11ClN6O. The number of fused-ring (bicyclic) bond motifs is 3. The van der Waals surface area contributed by atoms with Gasteiger partial charge in [0.1, 0.15) is 6.33 Å². The number of rotatable bonds is 2. The number of furan rings is 1. The molecule has 0 aliphatic rings. The first-order valence-electron chi connectivity index (χ1n) is 7.60. The van der Waals surface area contributed by atoms with Crippen LogP contribution in [-0.4, -0.2) is 29.4 Å². The van der Waals surface area contributed by atoms with E-state index in [-0.39, 0.29) is 0 Å². The van der Waals surface area contributed by atoms with E-state index in [4.69, 9.17) is 16.0 Å². The average molecular weight is 351 g/mol. The summed E-state index contributed by atoms with van der Waals surface area (Å²) in [6, 6.07) is 9.42. The molecule has 8 heteroatoms. The Kier molecular flexibility index (Phi) is 2.92. The van der Waals surface area contributed by atoms with Crippen LogP contribution in [0.4, 0.5) is 0 Å². The van der Waals surface area contributed by atoms with Crippen molar-refractivity contribution in [1.29, 1.82) is 0 Å². The van der Waals surface area contributed by atoms with Gasteiger partial charge in [-0.25, -0.2) is 9.67 Å². The minimum atomic E-state index is 0.598. The molecule has 1 aromatic carbocycles.